The summed E-state index contributed by atoms with van der Waals surface area (Å²) in [6.07, 6.45) is 0.936. The van der Waals surface area contributed by atoms with Crippen LogP contribution in [-0.4, -0.2) is 33.0 Å². The average molecular weight is 491 g/mol. The molecule has 4 aromatic rings. The Kier molecular flexibility index (Phi) is 8.51. The number of thioether (sulfide) groups is 1. The lowest BCUT2D eigenvalue weighted by atomic mass is 9.96. The third kappa shape index (κ3) is 6.48. The fourth-order valence-corrected chi connectivity index (χ4v) is 4.47. The molecule has 0 saturated carbocycles. The van der Waals surface area contributed by atoms with Crippen LogP contribution < -0.4 is 10.1 Å². The minimum Gasteiger partial charge on any atom is -0.483 e. The highest BCUT2D eigenvalue weighted by Gasteiger charge is 2.18. The summed E-state index contributed by atoms with van der Waals surface area (Å²) in [4.78, 5) is 12.6. The van der Waals surface area contributed by atoms with Gasteiger partial charge in [-0.25, -0.2) is 4.39 Å². The van der Waals surface area contributed by atoms with Crippen molar-refractivity contribution in [3.05, 3.63) is 102 Å². The summed E-state index contributed by atoms with van der Waals surface area (Å²) < 4.78 is 21.5. The quantitative estimate of drug-likeness (QED) is 0.286. The molecule has 0 saturated heterocycles. The molecular weight excluding hydrogens is 463 g/mol. The number of halogens is 1. The number of rotatable bonds is 11. The van der Waals surface area contributed by atoms with Crippen molar-refractivity contribution in [2.24, 2.45) is 0 Å². The maximum absolute atomic E-state index is 14.0. The molecule has 1 unspecified atom stereocenters. The second-order valence-corrected chi connectivity index (χ2v) is 8.84. The van der Waals surface area contributed by atoms with Crippen LogP contribution in [0.5, 0.6) is 5.75 Å². The number of benzene rings is 3. The first-order chi connectivity index (χ1) is 17.2. The second kappa shape index (κ2) is 12.2. The van der Waals surface area contributed by atoms with Crippen molar-refractivity contribution in [3.63, 3.8) is 0 Å². The van der Waals surface area contributed by atoms with Crippen molar-refractivity contribution in [2.45, 2.75) is 31.0 Å². The predicted octanol–water partition coefficient (Wildman–Crippen LogP) is 5.39. The molecule has 0 radical (unpaired) electrons. The van der Waals surface area contributed by atoms with E-state index in [0.717, 1.165) is 12.1 Å². The molecule has 180 valence electrons. The molecule has 0 aliphatic heterocycles. The lowest BCUT2D eigenvalue weighted by Gasteiger charge is -2.16. The highest BCUT2D eigenvalue weighted by Crippen LogP contribution is 2.24. The van der Waals surface area contributed by atoms with Crippen LogP contribution >= 0.6 is 11.8 Å². The van der Waals surface area contributed by atoms with Crippen LogP contribution in [0.1, 0.15) is 30.7 Å². The van der Waals surface area contributed by atoms with Gasteiger partial charge in [-0.05, 0) is 36.2 Å². The molecule has 0 aliphatic rings. The Balaban J connectivity index is 1.42. The molecule has 0 bridgehead atoms. The van der Waals surface area contributed by atoms with Gasteiger partial charge in [0.2, 0.25) is 5.91 Å². The number of aromatic nitrogens is 3. The van der Waals surface area contributed by atoms with Crippen LogP contribution in [-0.2, 0) is 11.4 Å². The first kappa shape index (κ1) is 24.5. The Bertz CT molecular complexity index is 1230. The minimum absolute atomic E-state index is 0.0326. The van der Waals surface area contributed by atoms with Crippen molar-refractivity contribution >= 4 is 17.7 Å². The Morgan fingerprint density at radius 2 is 1.69 bits per heavy atom. The fourth-order valence-electron chi connectivity index (χ4n) is 3.67. The summed E-state index contributed by atoms with van der Waals surface area (Å²) in [6, 6.07) is 26.0. The summed E-state index contributed by atoms with van der Waals surface area (Å²) in [7, 11) is 0. The van der Waals surface area contributed by atoms with Gasteiger partial charge in [-0.3, -0.25) is 9.36 Å². The lowest BCUT2D eigenvalue weighted by Crippen LogP contribution is -2.29. The first-order valence-electron chi connectivity index (χ1n) is 11.5. The van der Waals surface area contributed by atoms with Crippen LogP contribution in [0.3, 0.4) is 0 Å². The van der Waals surface area contributed by atoms with E-state index in [0.29, 0.717) is 17.5 Å². The molecule has 1 amide bonds. The number of carbonyl (C=O) groups is 1. The van der Waals surface area contributed by atoms with Crippen molar-refractivity contribution < 1.29 is 13.9 Å². The Hall–Kier alpha value is -3.65. The molecule has 6 nitrogen and oxygen atoms in total. The van der Waals surface area contributed by atoms with Crippen LogP contribution in [0.4, 0.5) is 4.39 Å². The molecule has 35 heavy (non-hydrogen) atoms. The predicted molar refractivity (Wildman–Crippen MR) is 135 cm³/mol. The zero-order chi connectivity index (χ0) is 24.5. The monoisotopic (exact) mass is 490 g/mol. The summed E-state index contributed by atoms with van der Waals surface area (Å²) in [5, 5.41) is 12.1. The summed E-state index contributed by atoms with van der Waals surface area (Å²) >= 11 is 1.30. The third-order valence-corrected chi connectivity index (χ3v) is 6.48. The molecule has 0 aliphatic carbocycles. The van der Waals surface area contributed by atoms with Gasteiger partial charge >= 0.3 is 0 Å². The van der Waals surface area contributed by atoms with E-state index in [2.05, 4.69) is 34.6 Å². The highest BCUT2D eigenvalue weighted by molar-refractivity contribution is 7.99. The van der Waals surface area contributed by atoms with E-state index >= 15 is 0 Å². The molecule has 1 aromatic heterocycles. The van der Waals surface area contributed by atoms with Gasteiger partial charge in [0.05, 0.1) is 5.75 Å². The van der Waals surface area contributed by atoms with Gasteiger partial charge in [-0.1, -0.05) is 79.3 Å². The molecule has 8 heteroatoms. The molecule has 0 fully saturated rings. The van der Waals surface area contributed by atoms with Crippen LogP contribution in [0.2, 0.25) is 0 Å². The number of amides is 1. The number of hydrogen-bond donors (Lipinski definition) is 1. The summed E-state index contributed by atoms with van der Waals surface area (Å²) in [5.74, 6) is 0.608. The summed E-state index contributed by atoms with van der Waals surface area (Å²) in [5.41, 5.74) is 2.05. The average Bonchev–Trinajstić information content (AvgIpc) is 3.31. The number of para-hydroxylation sites is 2. The highest BCUT2D eigenvalue weighted by atomic mass is 32.2. The van der Waals surface area contributed by atoms with Gasteiger partial charge in [-0.2, -0.15) is 0 Å². The maximum atomic E-state index is 14.0. The number of nitrogens with one attached hydrogen (secondary N) is 1. The van der Waals surface area contributed by atoms with Gasteiger partial charge < -0.3 is 10.1 Å². The molecular formula is C27H27FN4O2S. The summed E-state index contributed by atoms with van der Waals surface area (Å²) in [6.45, 7) is 2.73. The van der Waals surface area contributed by atoms with E-state index in [4.69, 9.17) is 4.74 Å². The fraction of sp³-hybridized carbons (Fsp3) is 0.222. The number of carbonyl (C=O) groups excluding carboxylic acids is 1. The zero-order valence-electron chi connectivity index (χ0n) is 19.4. The first-order valence-corrected chi connectivity index (χ1v) is 12.5. The Labute approximate surface area is 208 Å². The van der Waals surface area contributed by atoms with Crippen LogP contribution in [0, 0.1) is 5.82 Å². The van der Waals surface area contributed by atoms with Crippen molar-refractivity contribution in [1.29, 1.82) is 0 Å². The van der Waals surface area contributed by atoms with Crippen molar-refractivity contribution in [2.75, 3.05) is 12.3 Å². The molecule has 0 spiro atoms. The van der Waals surface area contributed by atoms with Gasteiger partial charge in [-0.15, -0.1) is 10.2 Å². The van der Waals surface area contributed by atoms with E-state index < -0.39 is 5.82 Å². The van der Waals surface area contributed by atoms with E-state index in [1.54, 1.807) is 18.2 Å². The number of nitrogens with zero attached hydrogens (tertiary/aromatic N) is 3. The lowest BCUT2D eigenvalue weighted by molar-refractivity contribution is -0.118. The van der Waals surface area contributed by atoms with Crippen molar-refractivity contribution in [1.82, 2.24) is 20.1 Å². The topological polar surface area (TPSA) is 69.0 Å². The van der Waals surface area contributed by atoms with E-state index in [1.807, 2.05) is 53.1 Å². The standard InChI is InChI=1S/C27H27FN4O2S/c1-2-20(21-11-5-3-6-12-21)17-29-26(33)19-35-27-31-30-25(32(27)22-13-7-4-8-14-22)18-34-24-16-10-9-15-23(24)28/h3-16,20H,2,17-19H2,1H3,(H,29,33). The molecule has 1 N–H and O–H groups in total. The Morgan fingerprint density at radius 1 is 1.00 bits per heavy atom. The largest absolute Gasteiger partial charge is 0.483 e. The number of ether oxygens (including phenoxy) is 1. The van der Waals surface area contributed by atoms with Crippen LogP contribution in [0.25, 0.3) is 5.69 Å². The molecule has 1 heterocycles. The van der Waals surface area contributed by atoms with E-state index in [-0.39, 0.29) is 29.9 Å². The maximum Gasteiger partial charge on any atom is 0.230 e. The SMILES string of the molecule is CCC(CNC(=O)CSc1nnc(COc2ccccc2F)n1-c1ccccc1)c1ccccc1. The minimum atomic E-state index is -0.439. The van der Waals surface area contributed by atoms with Gasteiger partial charge in [0.25, 0.3) is 0 Å². The van der Waals surface area contributed by atoms with Gasteiger partial charge in [0, 0.05) is 18.2 Å². The molecule has 4 rings (SSSR count). The third-order valence-electron chi connectivity index (χ3n) is 5.55. The van der Waals surface area contributed by atoms with E-state index in [1.165, 1.54) is 23.4 Å². The van der Waals surface area contributed by atoms with Gasteiger partial charge in [0.15, 0.2) is 22.5 Å². The zero-order valence-corrected chi connectivity index (χ0v) is 20.2. The van der Waals surface area contributed by atoms with E-state index in [9.17, 15) is 9.18 Å². The van der Waals surface area contributed by atoms with Crippen molar-refractivity contribution in [3.8, 4) is 11.4 Å². The Morgan fingerprint density at radius 3 is 2.40 bits per heavy atom. The molecule has 1 atom stereocenters. The van der Waals surface area contributed by atoms with Gasteiger partial charge in [0.1, 0.15) is 6.61 Å². The molecule has 3 aromatic carbocycles. The number of hydrogen-bond acceptors (Lipinski definition) is 5. The van der Waals surface area contributed by atoms with Crippen LogP contribution in [0.15, 0.2) is 90.1 Å². The second-order valence-electron chi connectivity index (χ2n) is 7.90. The smallest absolute Gasteiger partial charge is 0.230 e. The normalized spacial score (nSPS) is 11.7.